The van der Waals surface area contributed by atoms with Crippen LogP contribution >= 0.6 is 0 Å². The lowest BCUT2D eigenvalue weighted by molar-refractivity contribution is -0.110. The summed E-state index contributed by atoms with van der Waals surface area (Å²) in [4.78, 5) is 2.35. The highest BCUT2D eigenvalue weighted by atomic mass is 19.1. The second kappa shape index (κ2) is 5.57. The van der Waals surface area contributed by atoms with Crippen LogP contribution in [0, 0.1) is 5.82 Å². The van der Waals surface area contributed by atoms with Crippen molar-refractivity contribution in [2.24, 2.45) is 0 Å². The number of rotatable bonds is 3. The van der Waals surface area contributed by atoms with Crippen LogP contribution in [-0.4, -0.2) is 48.0 Å². The fourth-order valence-corrected chi connectivity index (χ4v) is 3.09. The minimum absolute atomic E-state index is 0.0875. The third-order valence-electron chi connectivity index (χ3n) is 4.21. The smallest absolute Gasteiger partial charge is 0.123 e. The molecule has 1 N–H and O–H groups in total. The van der Waals surface area contributed by atoms with Crippen LogP contribution in [0.3, 0.4) is 0 Å². The maximum atomic E-state index is 13.3. The summed E-state index contributed by atoms with van der Waals surface area (Å²) in [5.41, 5.74) is 0.955. The Morgan fingerprint density at radius 1 is 1.37 bits per heavy atom. The number of aliphatic hydroxyl groups is 1. The summed E-state index contributed by atoms with van der Waals surface area (Å²) >= 11 is 0. The average molecular weight is 265 g/mol. The number of piperidine rings is 1. The van der Waals surface area contributed by atoms with Crippen molar-refractivity contribution in [1.82, 2.24) is 4.90 Å². The Kier molecular flexibility index (Phi) is 3.82. The van der Waals surface area contributed by atoms with Crippen molar-refractivity contribution in [2.45, 2.75) is 37.5 Å². The molecule has 3 nitrogen and oxygen atoms in total. The normalized spacial score (nSPS) is 29.2. The molecule has 0 aliphatic carbocycles. The predicted molar refractivity (Wildman–Crippen MR) is 70.4 cm³/mol. The molecule has 1 aromatic rings. The number of aliphatic hydroxyl groups excluding tert-OH is 1. The Morgan fingerprint density at radius 3 is 2.89 bits per heavy atom. The molecule has 2 heterocycles. The largest absolute Gasteiger partial charge is 0.391 e. The number of hydrogen-bond acceptors (Lipinski definition) is 3. The van der Waals surface area contributed by atoms with Crippen LogP contribution in [0.15, 0.2) is 24.3 Å². The molecule has 0 saturated carbocycles. The van der Waals surface area contributed by atoms with Gasteiger partial charge < -0.3 is 9.84 Å². The van der Waals surface area contributed by atoms with Gasteiger partial charge in [-0.25, -0.2) is 4.39 Å². The molecule has 2 fully saturated rings. The zero-order chi connectivity index (χ0) is 13.2. The van der Waals surface area contributed by atoms with Gasteiger partial charge in [-0.2, -0.15) is 0 Å². The molecule has 1 aromatic carbocycles. The summed E-state index contributed by atoms with van der Waals surface area (Å²) in [6, 6.07) is 7.20. The van der Waals surface area contributed by atoms with Gasteiger partial charge in [0.1, 0.15) is 5.82 Å². The Labute approximate surface area is 113 Å². The van der Waals surface area contributed by atoms with Crippen molar-refractivity contribution in [3.05, 3.63) is 35.6 Å². The summed E-state index contributed by atoms with van der Waals surface area (Å²) in [6.45, 7) is 2.52. The second-order valence-electron chi connectivity index (χ2n) is 5.54. The number of likely N-dealkylation sites (tertiary alicyclic amines) is 1. The lowest BCUT2D eigenvalue weighted by atomic mass is 9.91. The van der Waals surface area contributed by atoms with Crippen LogP contribution in [0.4, 0.5) is 4.39 Å². The first-order valence-electron chi connectivity index (χ1n) is 7.00. The number of ether oxygens (including phenoxy) is 1. The average Bonchev–Trinajstić information content (AvgIpc) is 2.31. The highest BCUT2D eigenvalue weighted by Gasteiger charge is 2.37. The Balaban J connectivity index is 1.74. The van der Waals surface area contributed by atoms with E-state index in [1.165, 1.54) is 6.07 Å². The van der Waals surface area contributed by atoms with Crippen LogP contribution in [0.25, 0.3) is 0 Å². The maximum Gasteiger partial charge on any atom is 0.123 e. The van der Waals surface area contributed by atoms with Gasteiger partial charge in [0.15, 0.2) is 0 Å². The lowest BCUT2D eigenvalue weighted by Gasteiger charge is -2.46. The van der Waals surface area contributed by atoms with Crippen molar-refractivity contribution in [3.8, 4) is 0 Å². The number of benzene rings is 1. The first-order chi connectivity index (χ1) is 9.24. The van der Waals surface area contributed by atoms with Gasteiger partial charge in [0.25, 0.3) is 0 Å². The molecule has 2 aliphatic rings. The molecule has 0 bridgehead atoms. The Hall–Kier alpha value is -0.970. The second-order valence-corrected chi connectivity index (χ2v) is 5.54. The molecule has 0 radical (unpaired) electrons. The van der Waals surface area contributed by atoms with Crippen LogP contribution in [0.5, 0.6) is 0 Å². The van der Waals surface area contributed by atoms with E-state index in [4.69, 9.17) is 4.74 Å². The third kappa shape index (κ3) is 2.81. The van der Waals surface area contributed by atoms with E-state index in [1.807, 2.05) is 6.07 Å². The van der Waals surface area contributed by atoms with E-state index in [2.05, 4.69) is 4.90 Å². The van der Waals surface area contributed by atoms with Crippen LogP contribution in [0.2, 0.25) is 0 Å². The Bertz CT molecular complexity index is 436. The van der Waals surface area contributed by atoms with E-state index in [0.717, 1.165) is 38.2 Å². The molecule has 0 spiro atoms. The van der Waals surface area contributed by atoms with E-state index in [0.29, 0.717) is 12.5 Å². The molecule has 2 atom stereocenters. The lowest BCUT2D eigenvalue weighted by Crippen LogP contribution is -2.59. The van der Waals surface area contributed by atoms with Gasteiger partial charge in [-0.1, -0.05) is 12.1 Å². The zero-order valence-electron chi connectivity index (χ0n) is 11.0. The van der Waals surface area contributed by atoms with Crippen molar-refractivity contribution in [3.63, 3.8) is 0 Å². The van der Waals surface area contributed by atoms with E-state index >= 15 is 0 Å². The summed E-state index contributed by atoms with van der Waals surface area (Å²) < 4.78 is 18.5. The molecule has 0 aromatic heterocycles. The van der Waals surface area contributed by atoms with E-state index < -0.39 is 0 Å². The van der Waals surface area contributed by atoms with Crippen molar-refractivity contribution < 1.29 is 14.2 Å². The Morgan fingerprint density at radius 2 is 2.21 bits per heavy atom. The summed E-state index contributed by atoms with van der Waals surface area (Å²) in [6.07, 6.45) is 2.24. The molecule has 0 amide bonds. The highest BCUT2D eigenvalue weighted by molar-refractivity contribution is 5.18. The summed E-state index contributed by atoms with van der Waals surface area (Å²) in [7, 11) is 0. The summed E-state index contributed by atoms with van der Waals surface area (Å²) in [5.74, 6) is -0.207. The topological polar surface area (TPSA) is 32.7 Å². The fourth-order valence-electron chi connectivity index (χ4n) is 3.09. The van der Waals surface area contributed by atoms with Crippen molar-refractivity contribution in [2.75, 3.05) is 19.8 Å². The molecule has 3 rings (SSSR count). The van der Waals surface area contributed by atoms with E-state index in [1.54, 1.807) is 12.1 Å². The van der Waals surface area contributed by atoms with E-state index in [9.17, 15) is 9.50 Å². The van der Waals surface area contributed by atoms with Gasteiger partial charge in [0.05, 0.1) is 25.4 Å². The first-order valence-corrected chi connectivity index (χ1v) is 7.00. The van der Waals surface area contributed by atoms with Gasteiger partial charge in [0, 0.05) is 6.04 Å². The molecule has 2 aliphatic heterocycles. The zero-order valence-corrected chi connectivity index (χ0v) is 11.0. The van der Waals surface area contributed by atoms with Gasteiger partial charge in [-0.05, 0) is 43.5 Å². The minimum Gasteiger partial charge on any atom is -0.391 e. The van der Waals surface area contributed by atoms with E-state index in [-0.39, 0.29) is 18.0 Å². The molecule has 104 valence electrons. The molecular formula is C15H20FNO2. The monoisotopic (exact) mass is 265 g/mol. The SMILES string of the molecule is O[C@H]1CCCN(C2COC2)[C@H]1Cc1cccc(F)c1. The minimum atomic E-state index is -0.322. The summed E-state index contributed by atoms with van der Waals surface area (Å²) in [5, 5.41) is 10.3. The maximum absolute atomic E-state index is 13.3. The fraction of sp³-hybridized carbons (Fsp3) is 0.600. The van der Waals surface area contributed by atoms with Crippen LogP contribution < -0.4 is 0 Å². The number of hydrogen-bond donors (Lipinski definition) is 1. The molecule has 0 unspecified atom stereocenters. The molecule has 19 heavy (non-hydrogen) atoms. The quantitative estimate of drug-likeness (QED) is 0.901. The van der Waals surface area contributed by atoms with Crippen molar-refractivity contribution >= 4 is 0 Å². The third-order valence-corrected chi connectivity index (χ3v) is 4.21. The number of halogens is 1. The van der Waals surface area contributed by atoms with Crippen LogP contribution in [-0.2, 0) is 11.2 Å². The first kappa shape index (κ1) is 13.0. The van der Waals surface area contributed by atoms with Gasteiger partial charge in [0.2, 0.25) is 0 Å². The van der Waals surface area contributed by atoms with Gasteiger partial charge in [-0.3, -0.25) is 4.90 Å². The van der Waals surface area contributed by atoms with Gasteiger partial charge >= 0.3 is 0 Å². The van der Waals surface area contributed by atoms with Crippen molar-refractivity contribution in [1.29, 1.82) is 0 Å². The number of nitrogens with zero attached hydrogens (tertiary/aromatic N) is 1. The van der Waals surface area contributed by atoms with Gasteiger partial charge in [-0.15, -0.1) is 0 Å². The highest BCUT2D eigenvalue weighted by Crippen LogP contribution is 2.26. The standard InChI is InChI=1S/C15H20FNO2/c16-12-4-1-3-11(7-12)8-14-15(18)5-2-6-17(14)13-9-19-10-13/h1,3-4,7,13-15,18H,2,5-6,8-10H2/t14-,15-/m0/s1. The molecule has 4 heteroatoms. The molecular weight excluding hydrogens is 245 g/mol. The van der Waals surface area contributed by atoms with Crippen LogP contribution in [0.1, 0.15) is 18.4 Å². The predicted octanol–water partition coefficient (Wildman–Crippen LogP) is 1.59. The molecule has 2 saturated heterocycles.